The van der Waals surface area contributed by atoms with Gasteiger partial charge < -0.3 is 0 Å². The topological polar surface area (TPSA) is 51.6 Å². The molecular formula is C50H30N4S2. The van der Waals surface area contributed by atoms with Crippen molar-refractivity contribution in [3.63, 3.8) is 0 Å². The standard InChI is InChI=1S/C50H30N4S2/c1-3-13-31(14-4-1)35-17-11-19-37(29-35)47-51-45(43-39-21-7-9-23-41(39)55-49(43)53-47)33-25-27-34(28-26-33)46-44-40-22-8-10-24-42(40)56-50(44)54-48(52-46)38-20-12-18-36(30-38)32-15-5-2-6-16-32/h1-30H. The van der Waals surface area contributed by atoms with Crippen LogP contribution >= 0.6 is 22.7 Å². The number of fused-ring (bicyclic) bond motifs is 6. The zero-order valence-corrected chi connectivity index (χ0v) is 31.6. The Bertz CT molecular complexity index is 3020. The van der Waals surface area contributed by atoms with E-state index in [1.807, 2.05) is 12.1 Å². The van der Waals surface area contributed by atoms with E-state index in [9.17, 15) is 0 Å². The highest BCUT2D eigenvalue weighted by atomic mass is 32.1. The van der Waals surface area contributed by atoms with Crippen molar-refractivity contribution in [3.8, 4) is 67.5 Å². The Morgan fingerprint density at radius 1 is 0.286 bits per heavy atom. The summed E-state index contributed by atoms with van der Waals surface area (Å²) in [6.07, 6.45) is 0. The minimum atomic E-state index is 0.713. The van der Waals surface area contributed by atoms with Crippen LogP contribution in [0.1, 0.15) is 0 Å². The van der Waals surface area contributed by atoms with Crippen LogP contribution in [0.25, 0.3) is 108 Å². The van der Waals surface area contributed by atoms with Crippen molar-refractivity contribution in [2.45, 2.75) is 0 Å². The molecule has 0 aliphatic rings. The van der Waals surface area contributed by atoms with E-state index in [1.54, 1.807) is 22.7 Å². The van der Waals surface area contributed by atoms with Gasteiger partial charge in [-0.3, -0.25) is 0 Å². The van der Waals surface area contributed by atoms with Crippen LogP contribution in [-0.2, 0) is 0 Å². The van der Waals surface area contributed by atoms with Crippen LogP contribution in [0.5, 0.6) is 0 Å². The van der Waals surface area contributed by atoms with E-state index in [0.29, 0.717) is 11.6 Å². The van der Waals surface area contributed by atoms with Crippen molar-refractivity contribution in [3.05, 3.63) is 182 Å². The third-order valence-corrected chi connectivity index (χ3v) is 12.5. The molecule has 0 unspecified atom stereocenters. The number of benzene rings is 7. The van der Waals surface area contributed by atoms with E-state index in [0.717, 1.165) is 76.3 Å². The quantitative estimate of drug-likeness (QED) is 0.170. The highest BCUT2D eigenvalue weighted by molar-refractivity contribution is 7.26. The minimum Gasteiger partial charge on any atom is -0.227 e. The molecule has 262 valence electrons. The maximum atomic E-state index is 5.34. The molecule has 0 saturated heterocycles. The van der Waals surface area contributed by atoms with Crippen LogP contribution in [0, 0.1) is 0 Å². The smallest absolute Gasteiger partial charge is 0.161 e. The van der Waals surface area contributed by atoms with E-state index in [4.69, 9.17) is 19.9 Å². The van der Waals surface area contributed by atoms with Gasteiger partial charge in [0.2, 0.25) is 0 Å². The largest absolute Gasteiger partial charge is 0.227 e. The van der Waals surface area contributed by atoms with E-state index in [-0.39, 0.29) is 0 Å². The zero-order valence-electron chi connectivity index (χ0n) is 29.9. The lowest BCUT2D eigenvalue weighted by molar-refractivity contribution is 1.24. The molecule has 7 aromatic carbocycles. The summed E-state index contributed by atoms with van der Waals surface area (Å²) in [5, 5.41) is 4.49. The summed E-state index contributed by atoms with van der Waals surface area (Å²) in [4.78, 5) is 23.0. The number of hydrogen-bond donors (Lipinski definition) is 0. The number of hydrogen-bond acceptors (Lipinski definition) is 6. The van der Waals surface area contributed by atoms with Crippen LogP contribution in [-0.4, -0.2) is 19.9 Å². The third-order valence-electron chi connectivity index (χ3n) is 10.4. The fraction of sp³-hybridized carbons (Fsp3) is 0. The Morgan fingerprint density at radius 2 is 0.661 bits per heavy atom. The molecule has 11 aromatic rings. The number of rotatable bonds is 6. The van der Waals surface area contributed by atoms with Crippen LogP contribution in [0.2, 0.25) is 0 Å². The predicted octanol–water partition coefficient (Wildman–Crippen LogP) is 14.0. The van der Waals surface area contributed by atoms with Gasteiger partial charge in [0.05, 0.1) is 11.4 Å². The third kappa shape index (κ3) is 5.66. The second-order valence-corrected chi connectivity index (χ2v) is 15.9. The maximum absolute atomic E-state index is 5.34. The molecule has 56 heavy (non-hydrogen) atoms. The number of nitrogens with zero attached hydrogens (tertiary/aromatic N) is 4. The van der Waals surface area contributed by atoms with Gasteiger partial charge in [0.25, 0.3) is 0 Å². The van der Waals surface area contributed by atoms with Gasteiger partial charge in [-0.15, -0.1) is 22.7 Å². The van der Waals surface area contributed by atoms with Gasteiger partial charge in [-0.1, -0.05) is 158 Å². The van der Waals surface area contributed by atoms with E-state index >= 15 is 0 Å². The van der Waals surface area contributed by atoms with Gasteiger partial charge in [-0.2, -0.15) is 0 Å². The monoisotopic (exact) mass is 750 g/mol. The molecule has 0 bridgehead atoms. The van der Waals surface area contributed by atoms with Crippen molar-refractivity contribution in [1.29, 1.82) is 0 Å². The van der Waals surface area contributed by atoms with Crippen LogP contribution < -0.4 is 0 Å². The molecule has 0 spiro atoms. The Kier molecular flexibility index (Phi) is 7.83. The molecule has 0 atom stereocenters. The Morgan fingerprint density at radius 3 is 1.11 bits per heavy atom. The Hall–Kier alpha value is -6.86. The first-order valence-corrected chi connectivity index (χ1v) is 20.2. The second-order valence-electron chi connectivity index (χ2n) is 13.8. The summed E-state index contributed by atoms with van der Waals surface area (Å²) in [6, 6.07) is 63.8. The first kappa shape index (κ1) is 32.6. The van der Waals surface area contributed by atoms with Gasteiger partial charge in [0.15, 0.2) is 11.6 Å². The van der Waals surface area contributed by atoms with E-state index in [2.05, 4.69) is 170 Å². The molecule has 4 nitrogen and oxygen atoms in total. The summed E-state index contributed by atoms with van der Waals surface area (Å²) in [5.74, 6) is 1.43. The lowest BCUT2D eigenvalue weighted by atomic mass is 10.00. The van der Waals surface area contributed by atoms with Crippen LogP contribution in [0.4, 0.5) is 0 Å². The molecule has 0 aliphatic heterocycles. The van der Waals surface area contributed by atoms with Gasteiger partial charge in [0.1, 0.15) is 9.66 Å². The molecule has 11 rings (SSSR count). The normalized spacial score (nSPS) is 11.6. The molecule has 0 fully saturated rings. The summed E-state index contributed by atoms with van der Waals surface area (Å²) in [6.45, 7) is 0. The fourth-order valence-corrected chi connectivity index (χ4v) is 9.80. The first-order chi connectivity index (χ1) is 27.7. The zero-order chi connectivity index (χ0) is 37.0. The highest BCUT2D eigenvalue weighted by Crippen LogP contribution is 2.42. The van der Waals surface area contributed by atoms with Crippen LogP contribution in [0.15, 0.2) is 182 Å². The molecule has 0 amide bonds. The van der Waals surface area contributed by atoms with Gasteiger partial charge >= 0.3 is 0 Å². The average molecular weight is 751 g/mol. The molecule has 0 aliphatic carbocycles. The van der Waals surface area contributed by atoms with Gasteiger partial charge in [-0.25, -0.2) is 19.9 Å². The summed E-state index contributed by atoms with van der Waals surface area (Å²) in [7, 11) is 0. The summed E-state index contributed by atoms with van der Waals surface area (Å²) in [5.41, 5.74) is 10.5. The average Bonchev–Trinajstić information content (AvgIpc) is 3.85. The van der Waals surface area contributed by atoms with Crippen molar-refractivity contribution in [2.75, 3.05) is 0 Å². The molecule has 0 radical (unpaired) electrons. The molecule has 6 heteroatoms. The van der Waals surface area contributed by atoms with E-state index < -0.39 is 0 Å². The fourth-order valence-electron chi connectivity index (χ4n) is 7.65. The maximum Gasteiger partial charge on any atom is 0.161 e. The lowest BCUT2D eigenvalue weighted by Gasteiger charge is -2.11. The predicted molar refractivity (Wildman–Crippen MR) is 236 cm³/mol. The minimum absolute atomic E-state index is 0.713. The van der Waals surface area contributed by atoms with Crippen molar-refractivity contribution in [2.24, 2.45) is 0 Å². The summed E-state index contributed by atoms with van der Waals surface area (Å²) < 4.78 is 2.39. The van der Waals surface area contributed by atoms with Crippen molar-refractivity contribution >= 4 is 63.3 Å². The SMILES string of the molecule is c1ccc(-c2cccc(-c3nc(-c4ccc(-c5nc(-c6cccc(-c7ccccc7)c6)nc6sc7ccccc7c56)cc4)c4c(n3)sc3ccccc34)c2)cc1. The van der Waals surface area contributed by atoms with E-state index in [1.165, 1.54) is 20.2 Å². The molecule has 4 aromatic heterocycles. The number of thiophene rings is 2. The molecule has 4 heterocycles. The Balaban J connectivity index is 1.07. The second kappa shape index (κ2) is 13.5. The van der Waals surface area contributed by atoms with Gasteiger partial charge in [-0.05, 0) is 46.5 Å². The lowest BCUT2D eigenvalue weighted by Crippen LogP contribution is -1.95. The first-order valence-electron chi connectivity index (χ1n) is 18.5. The molecular weight excluding hydrogens is 721 g/mol. The van der Waals surface area contributed by atoms with Crippen LogP contribution in [0.3, 0.4) is 0 Å². The highest BCUT2D eigenvalue weighted by Gasteiger charge is 2.20. The molecule has 0 N–H and O–H groups in total. The van der Waals surface area contributed by atoms with Crippen molar-refractivity contribution in [1.82, 2.24) is 19.9 Å². The number of aromatic nitrogens is 4. The van der Waals surface area contributed by atoms with Crippen molar-refractivity contribution < 1.29 is 0 Å². The summed E-state index contributed by atoms with van der Waals surface area (Å²) >= 11 is 3.43. The van der Waals surface area contributed by atoms with Gasteiger partial charge in [0, 0.05) is 53.2 Å². The Labute approximate surface area is 331 Å². The molecule has 0 saturated carbocycles.